The molecule has 2 atom stereocenters. The lowest BCUT2D eigenvalue weighted by molar-refractivity contribution is -0.0828. The fourth-order valence-electron chi connectivity index (χ4n) is 2.97. The number of nitrogens with one attached hydrogen (secondary N) is 1. The molecule has 2 unspecified atom stereocenters. The molecule has 0 aromatic heterocycles. The SMILES string of the molecule is N#Cc1cc(Br)ccc1NC1CCOC2(CCOC2)C1. The van der Waals surface area contributed by atoms with E-state index in [1.54, 1.807) is 0 Å². The lowest BCUT2D eigenvalue weighted by Crippen LogP contribution is -2.45. The molecule has 1 N–H and O–H groups in total. The van der Waals surface area contributed by atoms with Gasteiger partial charge >= 0.3 is 0 Å². The highest BCUT2D eigenvalue weighted by molar-refractivity contribution is 9.10. The summed E-state index contributed by atoms with van der Waals surface area (Å²) >= 11 is 3.40. The van der Waals surface area contributed by atoms with Gasteiger partial charge in [-0.05, 0) is 31.0 Å². The van der Waals surface area contributed by atoms with Crippen LogP contribution in [0.3, 0.4) is 0 Å². The van der Waals surface area contributed by atoms with Crippen LogP contribution in [0.1, 0.15) is 24.8 Å². The summed E-state index contributed by atoms with van der Waals surface area (Å²) in [5, 5.41) is 12.7. The van der Waals surface area contributed by atoms with E-state index in [9.17, 15) is 5.26 Å². The number of nitriles is 1. The first kappa shape index (κ1) is 13.9. The van der Waals surface area contributed by atoms with Gasteiger partial charge in [0.2, 0.25) is 0 Å². The first-order valence-electron chi connectivity index (χ1n) is 6.89. The van der Waals surface area contributed by atoms with Crippen LogP contribution in [0.25, 0.3) is 0 Å². The van der Waals surface area contributed by atoms with Gasteiger partial charge in [0, 0.05) is 30.1 Å². The average Bonchev–Trinajstić information content (AvgIpc) is 2.89. The minimum absolute atomic E-state index is 0.113. The fourth-order valence-corrected chi connectivity index (χ4v) is 3.33. The zero-order chi connectivity index (χ0) is 14.0. The molecular weight excluding hydrogens is 320 g/mol. The Morgan fingerprint density at radius 2 is 2.30 bits per heavy atom. The third-order valence-electron chi connectivity index (χ3n) is 4.02. The van der Waals surface area contributed by atoms with Gasteiger partial charge in [-0.3, -0.25) is 0 Å². The molecule has 0 aliphatic carbocycles. The van der Waals surface area contributed by atoms with E-state index in [0.717, 1.165) is 42.6 Å². The molecule has 1 aromatic rings. The lowest BCUT2D eigenvalue weighted by atomic mass is 9.89. The van der Waals surface area contributed by atoms with Crippen molar-refractivity contribution < 1.29 is 9.47 Å². The van der Waals surface area contributed by atoms with Gasteiger partial charge in [-0.25, -0.2) is 0 Å². The number of rotatable bonds is 2. The second-order valence-electron chi connectivity index (χ2n) is 5.47. The van der Waals surface area contributed by atoms with Crippen molar-refractivity contribution in [3.05, 3.63) is 28.2 Å². The normalized spacial score (nSPS) is 29.3. The molecule has 1 aromatic carbocycles. The predicted octanol–water partition coefficient (Wildman–Crippen LogP) is 3.07. The zero-order valence-electron chi connectivity index (χ0n) is 11.2. The van der Waals surface area contributed by atoms with Crippen LogP contribution in [0.15, 0.2) is 22.7 Å². The number of halogens is 1. The molecule has 0 radical (unpaired) electrons. The first-order chi connectivity index (χ1) is 9.71. The van der Waals surface area contributed by atoms with E-state index in [1.165, 1.54) is 0 Å². The Labute approximate surface area is 127 Å². The Balaban J connectivity index is 1.73. The average molecular weight is 337 g/mol. The number of ether oxygens (including phenoxy) is 2. The number of benzene rings is 1. The highest BCUT2D eigenvalue weighted by atomic mass is 79.9. The summed E-state index contributed by atoms with van der Waals surface area (Å²) in [6, 6.07) is 8.32. The monoisotopic (exact) mass is 336 g/mol. The first-order valence-corrected chi connectivity index (χ1v) is 7.68. The number of hydrogen-bond acceptors (Lipinski definition) is 4. The van der Waals surface area contributed by atoms with E-state index in [0.29, 0.717) is 18.2 Å². The summed E-state index contributed by atoms with van der Waals surface area (Å²) < 4.78 is 12.3. The molecule has 2 saturated heterocycles. The molecule has 20 heavy (non-hydrogen) atoms. The Morgan fingerprint density at radius 1 is 1.40 bits per heavy atom. The Kier molecular flexibility index (Phi) is 3.97. The van der Waals surface area contributed by atoms with Gasteiger partial charge in [-0.1, -0.05) is 15.9 Å². The van der Waals surface area contributed by atoms with Crippen LogP contribution in [0.4, 0.5) is 5.69 Å². The van der Waals surface area contributed by atoms with Crippen LogP contribution >= 0.6 is 15.9 Å². The second-order valence-corrected chi connectivity index (χ2v) is 6.39. The Morgan fingerprint density at radius 3 is 3.05 bits per heavy atom. The zero-order valence-corrected chi connectivity index (χ0v) is 12.8. The third-order valence-corrected chi connectivity index (χ3v) is 4.52. The molecule has 2 heterocycles. The van der Waals surface area contributed by atoms with Gasteiger partial charge in [0.05, 0.1) is 23.5 Å². The van der Waals surface area contributed by atoms with Crippen molar-refractivity contribution in [3.8, 4) is 6.07 Å². The fraction of sp³-hybridized carbons (Fsp3) is 0.533. The van der Waals surface area contributed by atoms with Crippen molar-refractivity contribution in [1.29, 1.82) is 5.26 Å². The summed E-state index contributed by atoms with van der Waals surface area (Å²) in [7, 11) is 0. The van der Waals surface area contributed by atoms with Crippen LogP contribution in [0, 0.1) is 11.3 Å². The standard InChI is InChI=1S/C15H17BrN2O2/c16-12-1-2-14(11(7-12)9-17)18-13-3-5-20-15(8-13)4-6-19-10-15/h1-2,7,13,18H,3-6,8,10H2. The smallest absolute Gasteiger partial charge is 0.101 e. The van der Waals surface area contributed by atoms with Crippen LogP contribution in [-0.4, -0.2) is 31.5 Å². The van der Waals surface area contributed by atoms with Gasteiger partial charge < -0.3 is 14.8 Å². The maximum Gasteiger partial charge on any atom is 0.101 e. The van der Waals surface area contributed by atoms with E-state index >= 15 is 0 Å². The second kappa shape index (κ2) is 5.72. The highest BCUT2D eigenvalue weighted by Crippen LogP contribution is 2.34. The van der Waals surface area contributed by atoms with Crippen molar-refractivity contribution in [1.82, 2.24) is 0 Å². The molecule has 106 valence electrons. The van der Waals surface area contributed by atoms with Crippen LogP contribution in [0.2, 0.25) is 0 Å². The molecule has 0 saturated carbocycles. The number of anilines is 1. The minimum Gasteiger partial charge on any atom is -0.381 e. The van der Waals surface area contributed by atoms with Crippen molar-refractivity contribution in [2.45, 2.75) is 30.9 Å². The van der Waals surface area contributed by atoms with Crippen molar-refractivity contribution >= 4 is 21.6 Å². The van der Waals surface area contributed by atoms with Crippen LogP contribution < -0.4 is 5.32 Å². The van der Waals surface area contributed by atoms with Crippen molar-refractivity contribution in [3.63, 3.8) is 0 Å². The Hall–Kier alpha value is -1.09. The van der Waals surface area contributed by atoms with Crippen molar-refractivity contribution in [2.24, 2.45) is 0 Å². The van der Waals surface area contributed by atoms with E-state index in [1.807, 2.05) is 18.2 Å². The number of nitrogens with zero attached hydrogens (tertiary/aromatic N) is 1. The molecule has 0 amide bonds. The van der Waals surface area contributed by atoms with Crippen molar-refractivity contribution in [2.75, 3.05) is 25.1 Å². The molecule has 1 spiro atoms. The molecule has 0 bridgehead atoms. The highest BCUT2D eigenvalue weighted by Gasteiger charge is 2.41. The summed E-state index contributed by atoms with van der Waals surface area (Å²) in [6.45, 7) is 2.23. The Bertz CT molecular complexity index is 535. The van der Waals surface area contributed by atoms with Gasteiger partial charge in [-0.15, -0.1) is 0 Å². The minimum atomic E-state index is -0.113. The molecule has 2 fully saturated rings. The van der Waals surface area contributed by atoms with Gasteiger partial charge in [-0.2, -0.15) is 5.26 Å². The maximum atomic E-state index is 9.22. The number of hydrogen-bond donors (Lipinski definition) is 1. The molecule has 5 heteroatoms. The molecular formula is C15H17BrN2O2. The lowest BCUT2D eigenvalue weighted by Gasteiger charge is -2.37. The van der Waals surface area contributed by atoms with E-state index in [-0.39, 0.29) is 5.60 Å². The molecule has 2 aliphatic rings. The molecule has 3 rings (SSSR count). The van der Waals surface area contributed by atoms with Crippen LogP contribution in [-0.2, 0) is 9.47 Å². The van der Waals surface area contributed by atoms with Gasteiger partial charge in [0.25, 0.3) is 0 Å². The third kappa shape index (κ3) is 2.83. The molecule has 4 nitrogen and oxygen atoms in total. The van der Waals surface area contributed by atoms with Gasteiger partial charge in [0.1, 0.15) is 6.07 Å². The van der Waals surface area contributed by atoms with E-state index in [4.69, 9.17) is 9.47 Å². The summed E-state index contributed by atoms with van der Waals surface area (Å²) in [4.78, 5) is 0. The summed E-state index contributed by atoms with van der Waals surface area (Å²) in [6.07, 6.45) is 2.87. The summed E-state index contributed by atoms with van der Waals surface area (Å²) in [5.41, 5.74) is 1.46. The van der Waals surface area contributed by atoms with Gasteiger partial charge in [0.15, 0.2) is 0 Å². The van der Waals surface area contributed by atoms with Crippen LogP contribution in [0.5, 0.6) is 0 Å². The summed E-state index contributed by atoms with van der Waals surface area (Å²) in [5.74, 6) is 0. The molecule has 2 aliphatic heterocycles. The predicted molar refractivity (Wildman–Crippen MR) is 79.6 cm³/mol. The maximum absolute atomic E-state index is 9.22. The largest absolute Gasteiger partial charge is 0.381 e. The van der Waals surface area contributed by atoms with E-state index in [2.05, 4.69) is 27.3 Å². The quantitative estimate of drug-likeness (QED) is 0.901. The van der Waals surface area contributed by atoms with E-state index < -0.39 is 0 Å². The topological polar surface area (TPSA) is 54.3 Å².